The molecule has 16 rings (SSSR count). The first-order valence-electron chi connectivity index (χ1n) is 28.8. The van der Waals surface area contributed by atoms with Gasteiger partial charge in [-0.15, -0.1) is 0 Å². The van der Waals surface area contributed by atoms with Gasteiger partial charge in [-0.3, -0.25) is 23.3 Å². The average molecular weight is 1800 g/mol. The molecule has 11 aromatic rings. The van der Waals surface area contributed by atoms with Gasteiger partial charge in [0.15, 0.2) is 67.7 Å². The summed E-state index contributed by atoms with van der Waals surface area (Å²) in [4.78, 5) is 85.6. The van der Waals surface area contributed by atoms with Crippen molar-refractivity contribution in [3.8, 4) is 5.75 Å². The second-order valence-electron chi connectivity index (χ2n) is 22.9. The van der Waals surface area contributed by atoms with Crippen LogP contribution in [0, 0.1) is 0 Å². The van der Waals surface area contributed by atoms with E-state index in [2.05, 4.69) is 144 Å². The first kappa shape index (κ1) is 74.2. The molecule has 1 saturated heterocycles. The van der Waals surface area contributed by atoms with Crippen LogP contribution in [0.2, 0.25) is 5.82 Å². The molecule has 1 aliphatic heterocycles. The number of anilines is 1. The molecule has 0 unspecified atom stereocenters. The largest absolute Gasteiger partial charge is 0.504 e. The van der Waals surface area contributed by atoms with Crippen molar-refractivity contribution in [2.24, 2.45) is 28.2 Å². The lowest BCUT2D eigenvalue weighted by atomic mass is 9.76. The Hall–Kier alpha value is -5.57. The Kier molecular flexibility index (Phi) is 25.1. The second kappa shape index (κ2) is 31.7. The number of nitrogens with zero attached hydrogens (tertiary/aromatic N) is 10. The third kappa shape index (κ3) is 18.3. The zero-order chi connectivity index (χ0) is 68.8. The molecule has 0 amide bonds. The van der Waals surface area contributed by atoms with Gasteiger partial charge in [-0.2, -0.15) is 0 Å². The van der Waals surface area contributed by atoms with Gasteiger partial charge in [-0.25, -0.2) is 53.9 Å². The summed E-state index contributed by atoms with van der Waals surface area (Å²) in [7, 11) is 5.12. The molecule has 11 aromatic heterocycles. The zero-order valence-electron chi connectivity index (χ0n) is 51.8. The van der Waals surface area contributed by atoms with E-state index in [0.29, 0.717) is 87.7 Å². The average Bonchev–Trinajstić information content (AvgIpc) is 1.60. The molecule has 0 atom stereocenters. The van der Waals surface area contributed by atoms with E-state index in [4.69, 9.17) is 57.3 Å². The smallest absolute Gasteiger partial charge is 0.496 e. The van der Waals surface area contributed by atoms with Crippen LogP contribution in [-0.4, -0.2) is 98.7 Å². The first-order valence-corrected chi connectivity index (χ1v) is 37.9. The maximum Gasteiger partial charge on any atom is 0.496 e. The Morgan fingerprint density at radius 3 is 1.43 bits per heavy atom. The number of oxazole rings is 5. The lowest BCUT2D eigenvalue weighted by molar-refractivity contribution is 0.00578. The Morgan fingerprint density at radius 1 is 0.543 bits per heavy atom. The Labute approximate surface area is 597 Å². The lowest BCUT2D eigenvalue weighted by Gasteiger charge is -2.32. The summed E-state index contributed by atoms with van der Waals surface area (Å²) < 4.78 is 45.9. The Balaban J connectivity index is 0.000000144. The molecule has 6 N–H and O–H groups in total. The lowest BCUT2D eigenvalue weighted by Crippen LogP contribution is -2.41. The number of halogens is 7. The second-order valence-corrected chi connectivity index (χ2v) is 26.2. The number of aryl methyl sites for hydroxylation is 4. The number of nitrogens with two attached hydrogens (primary N) is 1. The molecule has 94 heavy (non-hydrogen) atoms. The summed E-state index contributed by atoms with van der Waals surface area (Å²) in [5.74, 6) is -0.0523. The van der Waals surface area contributed by atoms with E-state index < -0.39 is 42.7 Å². The van der Waals surface area contributed by atoms with E-state index >= 15 is 0 Å². The molecule has 500 valence electrons. The van der Waals surface area contributed by atoms with E-state index in [0.717, 1.165) is 52.7 Å². The zero-order valence-corrected chi connectivity index (χ0v) is 63.5. The van der Waals surface area contributed by atoms with Gasteiger partial charge >= 0.3 is 43.0 Å². The summed E-state index contributed by atoms with van der Waals surface area (Å²) in [5, 5.41) is 25.3. The van der Waals surface area contributed by atoms with Gasteiger partial charge in [0.2, 0.25) is 0 Å². The number of alkyl halides is 1. The maximum atomic E-state index is 11.8. The number of fused-ring (bicyclic) bond motifs is 5. The molecule has 4 aliphatic carbocycles. The summed E-state index contributed by atoms with van der Waals surface area (Å²) in [6.07, 6.45) is 9.00. The van der Waals surface area contributed by atoms with Crippen molar-refractivity contribution >= 4 is 196 Å². The highest BCUT2D eigenvalue weighted by atomic mass is 127. The number of pyridine rings is 6. The SMILES string of the molecule is BrBr.CI.Cn1c(=O)oc2cc(B3OC(C)(C)C(C)(C)O3)c(C3CC3)nc21.Cn1c(=O)oc2cc(Br)c(C3CC3)nc21.Cn1c(=O)oc2ccc(Br)nc21.Cn1c(=O)oc2ccc(C3CC3)nc21.Nc1nc(Br)ccc1O.O=c1[nH]c2nc(Br)ccc2o1.OB(O)C1CC1. The number of nitrogen functional groups attached to an aromatic ring is 1. The van der Waals surface area contributed by atoms with E-state index in [1.54, 1.807) is 58.5 Å². The van der Waals surface area contributed by atoms with Crippen molar-refractivity contribution in [2.45, 2.75) is 114 Å². The molecule has 0 bridgehead atoms. The number of hydrogen-bond donors (Lipinski definition) is 5. The summed E-state index contributed by atoms with van der Waals surface area (Å²) in [5.41, 5.74) is 13.8. The van der Waals surface area contributed by atoms with E-state index in [1.807, 2.05) is 56.9 Å². The van der Waals surface area contributed by atoms with Crippen LogP contribution >= 0.6 is 115 Å². The number of aromatic amines is 1. The van der Waals surface area contributed by atoms with E-state index in [-0.39, 0.29) is 28.9 Å². The van der Waals surface area contributed by atoms with Crippen LogP contribution in [0.4, 0.5) is 5.82 Å². The number of nitrogens with one attached hydrogen (secondary N) is 1. The van der Waals surface area contributed by atoms with Crippen LogP contribution in [0.15, 0.2) is 125 Å². The molecule has 5 aliphatic rings. The van der Waals surface area contributed by atoms with Crippen molar-refractivity contribution in [1.29, 1.82) is 0 Å². The standard InChI is InChI=1S/C16H21BN2O4.C10H9BrN2O2.C10H10N2O2.C7H5BrN2O2.C6H3BrN2O2.C5H5BrN2O.C3H7BO2.CH3I.Br2/c1-15(2)16(3,4)23-17(22-15)10-8-11-13(19(5)14(20)21-11)18-12(10)9-6-7-9;1-13-9-7(15-10(13)14)4-6(11)8(12-9)5-2-3-5;1-12-9-8(14-10(12)13)5-4-7(11-9)6-2-3-6;1-10-6-4(12-7(10)11)2-3-5(8)9-6;7-4-2-1-3-5(8-4)9-6(10)11-3;6-4-2-1-3(9)5(7)8-4;5-4(6)3-1-2-3;2*1-2/h8-9H,6-7H2,1-5H3;4-5H,2-3H2,1H3;4-6H,2-3H2,1H3;2-3H,1H3;1-2H,(H,8,9,10);1-2,9H,(H2,7,8);3,5-6H,1-2H2;1H3;. The molecular weight excluding hydrogens is 1730 g/mol. The molecule has 36 heteroatoms. The molecule has 0 spiro atoms. The Bertz CT molecular complexity index is 4780. The van der Waals surface area contributed by atoms with Gasteiger partial charge < -0.3 is 52.3 Å². The summed E-state index contributed by atoms with van der Waals surface area (Å²) in [6, 6.07) is 17.4. The number of H-pyrrole nitrogens is 1. The number of rotatable bonds is 5. The first-order chi connectivity index (χ1) is 44.6. The van der Waals surface area contributed by atoms with Crippen LogP contribution in [-0.2, 0) is 37.5 Å². The monoisotopic (exact) mass is 1790 g/mol. The molecular formula is C58H63B2Br6IN12O15. The molecule has 5 fully saturated rings. The maximum absolute atomic E-state index is 11.8. The fourth-order valence-electron chi connectivity index (χ4n) is 8.86. The minimum atomic E-state index is -1.04. The van der Waals surface area contributed by atoms with Crippen molar-refractivity contribution in [3.63, 3.8) is 0 Å². The molecule has 4 saturated carbocycles. The third-order valence-electron chi connectivity index (χ3n) is 15.4. The van der Waals surface area contributed by atoms with Crippen LogP contribution in [0.3, 0.4) is 0 Å². The highest BCUT2D eigenvalue weighted by Gasteiger charge is 2.53. The molecule has 0 aromatic carbocycles. The number of aromatic nitrogens is 11. The van der Waals surface area contributed by atoms with Gasteiger partial charge in [0, 0.05) is 102 Å². The summed E-state index contributed by atoms with van der Waals surface area (Å²) in [6.45, 7) is 8.10. The van der Waals surface area contributed by atoms with Gasteiger partial charge in [0.25, 0.3) is 0 Å². The number of hydrogen-bond acceptors (Lipinski definition) is 22. The van der Waals surface area contributed by atoms with Crippen LogP contribution in [0.5, 0.6) is 5.75 Å². The predicted molar refractivity (Wildman–Crippen MR) is 385 cm³/mol. The van der Waals surface area contributed by atoms with Crippen LogP contribution < -0.4 is 40.0 Å². The van der Waals surface area contributed by atoms with E-state index in [1.165, 1.54) is 50.0 Å². The van der Waals surface area contributed by atoms with Gasteiger partial charge in [0.1, 0.15) is 13.8 Å². The van der Waals surface area contributed by atoms with Crippen molar-refractivity contribution in [1.82, 2.24) is 53.2 Å². The van der Waals surface area contributed by atoms with Gasteiger partial charge in [-0.05, 0) is 195 Å². The van der Waals surface area contributed by atoms with Gasteiger partial charge in [0.05, 0.1) is 16.9 Å². The highest BCUT2D eigenvalue weighted by molar-refractivity contribution is 14.1. The minimum Gasteiger partial charge on any atom is -0.504 e. The Morgan fingerprint density at radius 2 is 0.957 bits per heavy atom. The minimum absolute atomic E-state index is 0.0122. The third-order valence-corrected chi connectivity index (χ3v) is 17.4. The highest BCUT2D eigenvalue weighted by Crippen LogP contribution is 2.44. The van der Waals surface area contributed by atoms with E-state index in [9.17, 15) is 24.0 Å². The molecule has 12 heterocycles. The van der Waals surface area contributed by atoms with Crippen molar-refractivity contribution in [3.05, 3.63) is 149 Å². The van der Waals surface area contributed by atoms with Crippen molar-refractivity contribution < 1.29 is 46.5 Å². The fraction of sp³-hybridized carbons (Fsp3) is 0.397. The topological polar surface area (TPSA) is 369 Å². The van der Waals surface area contributed by atoms with Gasteiger partial charge in [-0.1, -0.05) is 35.4 Å². The predicted octanol–water partition coefficient (Wildman–Crippen LogP) is 11.3. The summed E-state index contributed by atoms with van der Waals surface area (Å²) >= 11 is 20.6. The molecule has 27 nitrogen and oxygen atoms in total. The van der Waals surface area contributed by atoms with Crippen molar-refractivity contribution in [2.75, 3.05) is 10.7 Å². The normalized spacial score (nSPS) is 15.6. The molecule has 0 radical (unpaired) electrons. The fourth-order valence-corrected chi connectivity index (χ4v) is 10.4. The quantitative estimate of drug-likeness (QED) is 0.0462. The van der Waals surface area contributed by atoms with Crippen LogP contribution in [0.1, 0.15) is 114 Å². The van der Waals surface area contributed by atoms with Crippen LogP contribution in [0.25, 0.3) is 56.2 Å². The number of aromatic hydroxyl groups is 1.